The summed E-state index contributed by atoms with van der Waals surface area (Å²) in [5.74, 6) is 0. The van der Waals surface area contributed by atoms with Crippen molar-refractivity contribution in [3.8, 4) is 0 Å². The summed E-state index contributed by atoms with van der Waals surface area (Å²) in [5.41, 5.74) is 2.66. The van der Waals surface area contributed by atoms with E-state index in [0.29, 0.717) is 0 Å². The van der Waals surface area contributed by atoms with E-state index in [9.17, 15) is 0 Å². The van der Waals surface area contributed by atoms with E-state index in [-0.39, 0.29) is 5.41 Å². The Balaban J connectivity index is 0.000000317. The number of nitrogens with one attached hydrogen (secondary N) is 1. The molecular weight excluding hydrogens is 314 g/mol. The second-order valence-electron chi connectivity index (χ2n) is 4.60. The Morgan fingerprint density at radius 3 is 2.29 bits per heavy atom. The molecule has 2 rings (SSSR count). The van der Waals surface area contributed by atoms with Crippen molar-refractivity contribution in [3.05, 3.63) is 30.0 Å². The molecule has 0 radical (unpaired) electrons. The summed E-state index contributed by atoms with van der Waals surface area (Å²) in [7, 11) is 14.9. The van der Waals surface area contributed by atoms with Gasteiger partial charge in [-0.3, -0.25) is 5.10 Å². The van der Waals surface area contributed by atoms with Gasteiger partial charge in [0.2, 0.25) is 0 Å². The zero-order valence-electron chi connectivity index (χ0n) is 9.89. The number of H-pyrrole nitrogens is 1. The van der Waals surface area contributed by atoms with Gasteiger partial charge in [0.25, 0.3) is 0 Å². The number of benzene rings is 1. The maximum atomic E-state index is 4.97. The zero-order valence-corrected chi connectivity index (χ0v) is 13.7. The van der Waals surface area contributed by atoms with E-state index in [0.717, 1.165) is 5.52 Å². The van der Waals surface area contributed by atoms with Gasteiger partial charge in [0.1, 0.15) is 0 Å². The van der Waals surface area contributed by atoms with Crippen LogP contribution in [0, 0.1) is 0 Å². The first-order chi connectivity index (χ1) is 7.82. The fourth-order valence-electron chi connectivity index (χ4n) is 1.59. The first-order valence-corrected chi connectivity index (χ1v) is 11.5. The van der Waals surface area contributed by atoms with Crippen LogP contribution in [0.5, 0.6) is 0 Å². The summed E-state index contributed by atoms with van der Waals surface area (Å²) >= 11 is -1.92. The third kappa shape index (κ3) is 4.80. The van der Waals surface area contributed by atoms with Crippen LogP contribution < -0.4 is 0 Å². The minimum atomic E-state index is -1.92. The van der Waals surface area contributed by atoms with E-state index < -0.39 is 14.7 Å². The Morgan fingerprint density at radius 1 is 1.18 bits per heavy atom. The van der Waals surface area contributed by atoms with Crippen LogP contribution in [0.25, 0.3) is 10.9 Å². The third-order valence-electron chi connectivity index (χ3n) is 2.28. The molecule has 17 heavy (non-hydrogen) atoms. The number of rotatable bonds is 0. The van der Waals surface area contributed by atoms with Gasteiger partial charge in [-0.1, -0.05) is 39.0 Å². The Kier molecular flexibility index (Phi) is 5.81. The Hall–Kier alpha value is 0.274. The van der Waals surface area contributed by atoms with E-state index in [4.69, 9.17) is 27.9 Å². The van der Waals surface area contributed by atoms with Crippen LogP contribution in [-0.2, 0) is 20.1 Å². The molecule has 1 N–H and O–H groups in total. The van der Waals surface area contributed by atoms with Gasteiger partial charge in [0.05, 0.1) is 11.7 Å². The third-order valence-corrected chi connectivity index (χ3v) is 2.28. The molecule has 6 heteroatoms. The van der Waals surface area contributed by atoms with Crippen molar-refractivity contribution in [3.63, 3.8) is 0 Å². The van der Waals surface area contributed by atoms with Crippen molar-refractivity contribution >= 4 is 38.8 Å². The number of aromatic amines is 1. The normalized spacial score (nSPS) is 10.9. The van der Waals surface area contributed by atoms with Crippen molar-refractivity contribution in [2.24, 2.45) is 0 Å². The van der Waals surface area contributed by atoms with Crippen LogP contribution in [0.1, 0.15) is 26.3 Å². The topological polar surface area (TPSA) is 28.7 Å². The van der Waals surface area contributed by atoms with Gasteiger partial charge in [-0.05, 0) is 11.0 Å². The number of aromatic nitrogens is 2. The molecule has 1 aromatic heterocycles. The summed E-state index contributed by atoms with van der Waals surface area (Å²) in [4.78, 5) is 0. The molecule has 0 saturated carbocycles. The maximum absolute atomic E-state index is 4.97. The van der Waals surface area contributed by atoms with Crippen molar-refractivity contribution in [1.29, 1.82) is 0 Å². The SMILES string of the molecule is CC(C)(C)c1cccc2cn[nH]c12.[Cl][Ti]([Cl])[Cl]. The molecular formula is C11H14Cl3N2Ti. The molecule has 0 bridgehead atoms. The molecule has 1 heterocycles. The number of hydrogen-bond donors (Lipinski definition) is 1. The summed E-state index contributed by atoms with van der Waals surface area (Å²) < 4.78 is 0. The van der Waals surface area contributed by atoms with Crippen LogP contribution >= 0.6 is 27.9 Å². The minimum absolute atomic E-state index is 0.173. The molecule has 0 fully saturated rings. The molecule has 0 unspecified atom stereocenters. The average molecular weight is 328 g/mol. The van der Waals surface area contributed by atoms with E-state index in [1.807, 2.05) is 6.20 Å². The van der Waals surface area contributed by atoms with Crippen molar-refractivity contribution in [2.75, 3.05) is 0 Å². The van der Waals surface area contributed by atoms with Crippen molar-refractivity contribution in [1.82, 2.24) is 10.2 Å². The number of halogens is 3. The number of hydrogen-bond acceptors (Lipinski definition) is 1. The zero-order chi connectivity index (χ0) is 13.1. The van der Waals surface area contributed by atoms with Crippen LogP contribution in [0.15, 0.2) is 24.4 Å². The van der Waals surface area contributed by atoms with Crippen LogP contribution in [-0.4, -0.2) is 10.2 Å². The molecule has 0 aliphatic heterocycles. The summed E-state index contributed by atoms with van der Waals surface area (Å²) in [6.45, 7) is 6.63. The second-order valence-corrected chi connectivity index (χ2v) is 12.3. The Morgan fingerprint density at radius 2 is 1.76 bits per heavy atom. The number of para-hydroxylation sites is 1. The fourth-order valence-corrected chi connectivity index (χ4v) is 1.59. The van der Waals surface area contributed by atoms with E-state index >= 15 is 0 Å². The van der Waals surface area contributed by atoms with Crippen LogP contribution in [0.2, 0.25) is 0 Å². The van der Waals surface area contributed by atoms with Gasteiger partial charge < -0.3 is 0 Å². The quantitative estimate of drug-likeness (QED) is 0.683. The summed E-state index contributed by atoms with van der Waals surface area (Å²) in [5, 5.41) is 8.28. The van der Waals surface area contributed by atoms with Crippen LogP contribution in [0.3, 0.4) is 0 Å². The van der Waals surface area contributed by atoms with Gasteiger partial charge in [0, 0.05) is 5.39 Å². The van der Waals surface area contributed by atoms with Gasteiger partial charge in [-0.15, -0.1) is 0 Å². The second kappa shape index (κ2) is 6.44. The predicted molar refractivity (Wildman–Crippen MR) is 72.4 cm³/mol. The molecule has 0 spiro atoms. The van der Waals surface area contributed by atoms with Gasteiger partial charge in [-0.25, -0.2) is 0 Å². The summed E-state index contributed by atoms with van der Waals surface area (Å²) in [6, 6.07) is 6.31. The molecule has 1 aromatic carbocycles. The van der Waals surface area contributed by atoms with E-state index in [1.165, 1.54) is 10.9 Å². The predicted octanol–water partition coefficient (Wildman–Crippen LogP) is 4.93. The molecule has 0 saturated heterocycles. The van der Waals surface area contributed by atoms with Gasteiger partial charge in [0.15, 0.2) is 0 Å². The Labute approximate surface area is 119 Å². The summed E-state index contributed by atoms with van der Waals surface area (Å²) in [6.07, 6.45) is 1.87. The van der Waals surface area contributed by atoms with E-state index in [1.54, 1.807) is 0 Å². The molecule has 2 nitrogen and oxygen atoms in total. The molecule has 93 valence electrons. The molecule has 0 aliphatic carbocycles. The Bertz CT molecular complexity index is 474. The molecule has 0 aliphatic rings. The first kappa shape index (κ1) is 15.3. The number of fused-ring (bicyclic) bond motifs is 1. The van der Waals surface area contributed by atoms with Crippen LogP contribution in [0.4, 0.5) is 0 Å². The van der Waals surface area contributed by atoms with Gasteiger partial charge in [-0.2, -0.15) is 5.10 Å². The fraction of sp³-hybridized carbons (Fsp3) is 0.364. The molecule has 2 aromatic rings. The standard InChI is InChI=1S/C11H14N2.3ClH.Ti/c1-11(2,3)9-6-4-5-8-7-12-13-10(8)9;;;;/h4-7H,1-3H3,(H,12,13);3*1H;/q;;;;+3/p-3. The average Bonchev–Trinajstić information content (AvgIpc) is 2.61. The van der Waals surface area contributed by atoms with E-state index in [2.05, 4.69) is 49.2 Å². The molecule has 0 amide bonds. The molecule has 0 atom stereocenters. The first-order valence-electron chi connectivity index (χ1n) is 5.08. The van der Waals surface area contributed by atoms with Crippen molar-refractivity contribution in [2.45, 2.75) is 26.2 Å². The monoisotopic (exact) mass is 327 g/mol. The number of nitrogens with zero attached hydrogens (tertiary/aromatic N) is 1. The van der Waals surface area contributed by atoms with Gasteiger partial charge >= 0.3 is 42.6 Å². The van der Waals surface area contributed by atoms with Crippen molar-refractivity contribution < 1.29 is 14.7 Å².